The summed E-state index contributed by atoms with van der Waals surface area (Å²) in [5.41, 5.74) is 0.861. The first kappa shape index (κ1) is 13.5. The van der Waals surface area contributed by atoms with E-state index in [9.17, 15) is 4.79 Å². The van der Waals surface area contributed by atoms with E-state index in [1.54, 1.807) is 0 Å². The predicted octanol–water partition coefficient (Wildman–Crippen LogP) is 1.83. The van der Waals surface area contributed by atoms with Crippen molar-refractivity contribution in [1.29, 1.82) is 0 Å². The van der Waals surface area contributed by atoms with Crippen LogP contribution in [0.3, 0.4) is 0 Å². The molecule has 5 heteroatoms. The Labute approximate surface area is 112 Å². The second-order valence-corrected chi connectivity index (χ2v) is 6.23. The Morgan fingerprint density at radius 2 is 2.11 bits per heavy atom. The van der Waals surface area contributed by atoms with Crippen LogP contribution in [0.4, 0.5) is 0 Å². The smallest absolute Gasteiger partial charge is 0.265 e. The zero-order valence-corrected chi connectivity index (χ0v) is 12.1. The predicted molar refractivity (Wildman–Crippen MR) is 74.1 cm³/mol. The minimum atomic E-state index is 0.122. The van der Waals surface area contributed by atoms with Crippen LogP contribution >= 0.6 is 11.3 Å². The summed E-state index contributed by atoms with van der Waals surface area (Å²) in [7, 11) is 1.90. The van der Waals surface area contributed by atoms with Crippen molar-refractivity contribution in [3.63, 3.8) is 0 Å². The van der Waals surface area contributed by atoms with Crippen molar-refractivity contribution in [1.82, 2.24) is 15.2 Å². The summed E-state index contributed by atoms with van der Waals surface area (Å²) in [6, 6.07) is 0. The highest BCUT2D eigenvalue weighted by Gasteiger charge is 2.21. The van der Waals surface area contributed by atoms with Gasteiger partial charge in [-0.05, 0) is 45.7 Å². The Kier molecular flexibility index (Phi) is 4.35. The third kappa shape index (κ3) is 3.09. The molecule has 18 heavy (non-hydrogen) atoms. The fraction of sp³-hybridized carbons (Fsp3) is 0.692. The van der Waals surface area contributed by atoms with Gasteiger partial charge in [0.15, 0.2) is 0 Å². The lowest BCUT2D eigenvalue weighted by Crippen LogP contribution is -2.37. The Bertz CT molecular complexity index is 424. The molecule has 0 radical (unpaired) electrons. The van der Waals surface area contributed by atoms with E-state index in [2.05, 4.69) is 10.3 Å². The van der Waals surface area contributed by atoms with Crippen LogP contribution in [0.1, 0.15) is 33.2 Å². The quantitative estimate of drug-likeness (QED) is 0.909. The molecule has 2 heterocycles. The Hall–Kier alpha value is -0.940. The van der Waals surface area contributed by atoms with Crippen molar-refractivity contribution in [2.75, 3.05) is 26.7 Å². The van der Waals surface area contributed by atoms with E-state index in [0.717, 1.165) is 35.2 Å². The highest BCUT2D eigenvalue weighted by Crippen LogP contribution is 2.20. The third-order valence-electron chi connectivity index (χ3n) is 3.44. The van der Waals surface area contributed by atoms with Crippen LogP contribution in [0.5, 0.6) is 0 Å². The number of hydrogen-bond acceptors (Lipinski definition) is 4. The lowest BCUT2D eigenvalue weighted by atomic mass is 9.97. The van der Waals surface area contributed by atoms with Crippen LogP contribution in [0, 0.1) is 19.8 Å². The molecule has 2 rings (SSSR count). The number of rotatable bonds is 3. The number of nitrogens with one attached hydrogen (secondary N) is 1. The van der Waals surface area contributed by atoms with E-state index in [1.165, 1.54) is 24.2 Å². The molecule has 1 saturated heterocycles. The Morgan fingerprint density at radius 1 is 1.44 bits per heavy atom. The number of aryl methyl sites for hydroxylation is 2. The van der Waals surface area contributed by atoms with E-state index in [4.69, 9.17) is 0 Å². The Balaban J connectivity index is 1.97. The molecule has 1 aliphatic heterocycles. The molecule has 0 saturated carbocycles. The monoisotopic (exact) mass is 267 g/mol. The van der Waals surface area contributed by atoms with Gasteiger partial charge in [0.1, 0.15) is 4.88 Å². The zero-order valence-electron chi connectivity index (χ0n) is 11.3. The van der Waals surface area contributed by atoms with Gasteiger partial charge in [-0.15, -0.1) is 11.3 Å². The number of amides is 1. The zero-order chi connectivity index (χ0) is 13.1. The number of nitrogens with zero attached hydrogens (tertiary/aromatic N) is 2. The molecular weight excluding hydrogens is 246 g/mol. The minimum Gasteiger partial charge on any atom is -0.341 e. The van der Waals surface area contributed by atoms with Gasteiger partial charge in [-0.25, -0.2) is 4.98 Å². The molecule has 0 atom stereocenters. The highest BCUT2D eigenvalue weighted by atomic mass is 32.1. The van der Waals surface area contributed by atoms with E-state index in [1.807, 2.05) is 25.8 Å². The van der Waals surface area contributed by atoms with Crippen molar-refractivity contribution in [3.05, 3.63) is 15.6 Å². The lowest BCUT2D eigenvalue weighted by Gasteiger charge is -2.27. The van der Waals surface area contributed by atoms with E-state index < -0.39 is 0 Å². The topological polar surface area (TPSA) is 45.2 Å². The highest BCUT2D eigenvalue weighted by molar-refractivity contribution is 7.13. The van der Waals surface area contributed by atoms with Crippen LogP contribution in [0.15, 0.2) is 0 Å². The molecule has 1 amide bonds. The molecule has 0 bridgehead atoms. The molecule has 1 aromatic rings. The lowest BCUT2D eigenvalue weighted by molar-refractivity contribution is 0.0766. The Morgan fingerprint density at radius 3 is 2.67 bits per heavy atom. The number of hydrogen-bond donors (Lipinski definition) is 1. The van der Waals surface area contributed by atoms with Crippen LogP contribution in [0.2, 0.25) is 0 Å². The summed E-state index contributed by atoms with van der Waals surface area (Å²) in [4.78, 5) is 19.3. The van der Waals surface area contributed by atoms with Gasteiger partial charge in [0.05, 0.1) is 10.7 Å². The first-order chi connectivity index (χ1) is 8.58. The summed E-state index contributed by atoms with van der Waals surface area (Å²) >= 11 is 1.50. The number of piperidine rings is 1. The molecule has 0 aromatic carbocycles. The maximum atomic E-state index is 12.3. The van der Waals surface area contributed by atoms with Gasteiger partial charge in [0.25, 0.3) is 5.91 Å². The molecule has 1 fully saturated rings. The average molecular weight is 267 g/mol. The molecule has 1 N–H and O–H groups in total. The third-order valence-corrected chi connectivity index (χ3v) is 4.50. The molecule has 4 nitrogen and oxygen atoms in total. The van der Waals surface area contributed by atoms with Gasteiger partial charge >= 0.3 is 0 Å². The van der Waals surface area contributed by atoms with Crippen LogP contribution in [-0.2, 0) is 0 Å². The molecule has 0 unspecified atom stereocenters. The number of carbonyl (C=O) groups is 1. The average Bonchev–Trinajstić information content (AvgIpc) is 2.68. The first-order valence-corrected chi connectivity index (χ1v) is 7.29. The van der Waals surface area contributed by atoms with Gasteiger partial charge < -0.3 is 10.2 Å². The fourth-order valence-electron chi connectivity index (χ4n) is 2.44. The van der Waals surface area contributed by atoms with Gasteiger partial charge in [-0.2, -0.15) is 0 Å². The standard InChI is InChI=1S/C13H21N3OS/c1-9-12(18-10(2)15-9)13(17)16(3)8-11-4-6-14-7-5-11/h11,14H,4-8H2,1-3H3. The van der Waals surface area contributed by atoms with Crippen molar-refractivity contribution in [2.45, 2.75) is 26.7 Å². The normalized spacial score (nSPS) is 16.8. The number of thiazole rings is 1. The molecule has 1 aromatic heterocycles. The van der Waals surface area contributed by atoms with Gasteiger partial charge in [0.2, 0.25) is 0 Å². The first-order valence-electron chi connectivity index (χ1n) is 6.48. The molecule has 0 spiro atoms. The van der Waals surface area contributed by atoms with Gasteiger partial charge in [-0.3, -0.25) is 4.79 Å². The summed E-state index contributed by atoms with van der Waals surface area (Å²) in [6.07, 6.45) is 2.33. The molecule has 0 aliphatic carbocycles. The minimum absolute atomic E-state index is 0.122. The van der Waals surface area contributed by atoms with E-state index >= 15 is 0 Å². The summed E-state index contributed by atoms with van der Waals surface area (Å²) < 4.78 is 0. The van der Waals surface area contributed by atoms with Crippen LogP contribution in [-0.4, -0.2) is 42.5 Å². The van der Waals surface area contributed by atoms with Crippen molar-refractivity contribution in [3.8, 4) is 0 Å². The van der Waals surface area contributed by atoms with E-state index in [-0.39, 0.29) is 5.91 Å². The number of carbonyl (C=O) groups excluding carboxylic acids is 1. The second-order valence-electron chi connectivity index (χ2n) is 5.03. The fourth-order valence-corrected chi connectivity index (χ4v) is 3.35. The van der Waals surface area contributed by atoms with Gasteiger partial charge in [-0.1, -0.05) is 0 Å². The van der Waals surface area contributed by atoms with Crippen molar-refractivity contribution >= 4 is 17.2 Å². The van der Waals surface area contributed by atoms with Crippen LogP contribution < -0.4 is 5.32 Å². The van der Waals surface area contributed by atoms with Gasteiger partial charge in [0, 0.05) is 13.6 Å². The van der Waals surface area contributed by atoms with Crippen LogP contribution in [0.25, 0.3) is 0 Å². The van der Waals surface area contributed by atoms with Crippen molar-refractivity contribution < 1.29 is 4.79 Å². The molecule has 1 aliphatic rings. The summed E-state index contributed by atoms with van der Waals surface area (Å²) in [5.74, 6) is 0.756. The molecular formula is C13H21N3OS. The molecule has 100 valence electrons. The second kappa shape index (κ2) is 5.80. The van der Waals surface area contributed by atoms with Crippen molar-refractivity contribution in [2.24, 2.45) is 5.92 Å². The largest absolute Gasteiger partial charge is 0.341 e. The number of aromatic nitrogens is 1. The van der Waals surface area contributed by atoms with E-state index in [0.29, 0.717) is 5.92 Å². The SMILES string of the molecule is Cc1nc(C)c(C(=O)N(C)CC2CCNCC2)s1. The maximum Gasteiger partial charge on any atom is 0.265 e. The maximum absolute atomic E-state index is 12.3. The summed E-state index contributed by atoms with van der Waals surface area (Å²) in [5, 5.41) is 4.31. The summed E-state index contributed by atoms with van der Waals surface area (Å²) in [6.45, 7) is 6.87.